The van der Waals surface area contributed by atoms with E-state index in [1.807, 2.05) is 0 Å². The number of carbonyl (C=O) groups is 4. The summed E-state index contributed by atoms with van der Waals surface area (Å²) in [5.41, 5.74) is 0.885. The van der Waals surface area contributed by atoms with Crippen molar-refractivity contribution in [2.45, 2.75) is 24.6 Å². The molecule has 0 unspecified atom stereocenters. The fraction of sp³-hybridized carbons (Fsp3) is 0.152. The average molecular weight is 567 g/mol. The zero-order valence-corrected chi connectivity index (χ0v) is 22.2. The van der Waals surface area contributed by atoms with Gasteiger partial charge in [-0.1, -0.05) is 72.8 Å². The largest absolute Gasteiger partial charge is 0.452 e. The summed E-state index contributed by atoms with van der Waals surface area (Å²) in [6.07, 6.45) is -5.61. The van der Waals surface area contributed by atoms with Crippen LogP contribution in [0.1, 0.15) is 41.4 Å². The molecule has 0 bridgehead atoms. The SMILES string of the molecule is O=C(O[C@H]1OC[C@H](OC(=O)c2ccccc2)[C@@H](OC(=O)c2ccccc2)[C@@H]1OC(=O)c1ccccc1)c1ccccc1. The summed E-state index contributed by atoms with van der Waals surface area (Å²) in [6.45, 7) is -0.322. The minimum absolute atomic E-state index is 0.196. The van der Waals surface area contributed by atoms with Gasteiger partial charge in [-0.25, -0.2) is 19.2 Å². The van der Waals surface area contributed by atoms with Crippen LogP contribution in [-0.4, -0.2) is 55.1 Å². The average Bonchev–Trinajstić information content (AvgIpc) is 3.05. The van der Waals surface area contributed by atoms with Crippen LogP contribution < -0.4 is 0 Å². The molecule has 0 N–H and O–H groups in total. The third-order valence-electron chi connectivity index (χ3n) is 6.39. The summed E-state index contributed by atoms with van der Waals surface area (Å²) >= 11 is 0. The molecule has 0 aromatic heterocycles. The minimum atomic E-state index is -1.50. The molecule has 212 valence electrons. The highest BCUT2D eigenvalue weighted by Crippen LogP contribution is 2.28. The van der Waals surface area contributed by atoms with E-state index in [0.717, 1.165) is 0 Å². The third kappa shape index (κ3) is 6.89. The van der Waals surface area contributed by atoms with Crippen molar-refractivity contribution in [1.29, 1.82) is 0 Å². The first-order chi connectivity index (χ1) is 20.5. The van der Waals surface area contributed by atoms with Crippen LogP contribution in [0.15, 0.2) is 121 Å². The first kappa shape index (κ1) is 28.3. The van der Waals surface area contributed by atoms with Gasteiger partial charge in [-0.05, 0) is 48.5 Å². The molecule has 1 heterocycles. The highest BCUT2D eigenvalue weighted by atomic mass is 16.7. The lowest BCUT2D eigenvalue weighted by atomic mass is 10.0. The van der Waals surface area contributed by atoms with Gasteiger partial charge in [0, 0.05) is 0 Å². The Morgan fingerprint density at radius 2 is 0.786 bits per heavy atom. The van der Waals surface area contributed by atoms with Gasteiger partial charge in [-0.3, -0.25) is 0 Å². The molecule has 1 fully saturated rings. The van der Waals surface area contributed by atoms with Crippen LogP contribution in [0.25, 0.3) is 0 Å². The second-order valence-electron chi connectivity index (χ2n) is 9.25. The van der Waals surface area contributed by atoms with E-state index < -0.39 is 48.5 Å². The molecule has 42 heavy (non-hydrogen) atoms. The van der Waals surface area contributed by atoms with Crippen molar-refractivity contribution in [3.05, 3.63) is 144 Å². The lowest BCUT2D eigenvalue weighted by Gasteiger charge is -2.40. The Balaban J connectivity index is 1.48. The second kappa shape index (κ2) is 13.4. The number of rotatable bonds is 8. The quantitative estimate of drug-likeness (QED) is 0.218. The van der Waals surface area contributed by atoms with Crippen molar-refractivity contribution < 1.29 is 42.9 Å². The number of hydrogen-bond acceptors (Lipinski definition) is 9. The van der Waals surface area contributed by atoms with Gasteiger partial charge in [-0.15, -0.1) is 0 Å². The Labute approximate surface area is 241 Å². The molecule has 9 heteroatoms. The van der Waals surface area contributed by atoms with Gasteiger partial charge < -0.3 is 23.7 Å². The molecule has 0 saturated carbocycles. The van der Waals surface area contributed by atoms with Gasteiger partial charge in [0.25, 0.3) is 0 Å². The Kier molecular flexibility index (Phi) is 9.00. The maximum Gasteiger partial charge on any atom is 0.340 e. The van der Waals surface area contributed by atoms with Crippen LogP contribution in [0.4, 0.5) is 0 Å². The van der Waals surface area contributed by atoms with Crippen LogP contribution >= 0.6 is 0 Å². The Morgan fingerprint density at radius 3 is 1.19 bits per heavy atom. The summed E-state index contributed by atoms with van der Waals surface area (Å²) in [7, 11) is 0. The number of carbonyl (C=O) groups excluding carboxylic acids is 4. The van der Waals surface area contributed by atoms with Crippen LogP contribution in [0.5, 0.6) is 0 Å². The Bertz CT molecular complexity index is 1390. The van der Waals surface area contributed by atoms with E-state index >= 15 is 0 Å². The molecule has 0 amide bonds. The van der Waals surface area contributed by atoms with Gasteiger partial charge >= 0.3 is 23.9 Å². The summed E-state index contributed by atoms with van der Waals surface area (Å²) in [6, 6.07) is 32.6. The standard InChI is InChI=1S/C33H26O9/c34-29(22-13-5-1-6-14-22)39-26-21-38-33(42-32(37)25-19-11-4-12-20-25)28(41-31(36)24-17-9-3-10-18-24)27(26)40-30(35)23-15-7-2-8-16-23/h1-20,26-28,33H,21H2/t26-,27+,28-,33+/m0/s1. The topological polar surface area (TPSA) is 114 Å². The summed E-state index contributed by atoms with van der Waals surface area (Å²) in [5.74, 6) is -3.02. The van der Waals surface area contributed by atoms with E-state index in [9.17, 15) is 19.2 Å². The van der Waals surface area contributed by atoms with Crippen molar-refractivity contribution in [2.75, 3.05) is 6.61 Å². The molecule has 5 rings (SSSR count). The van der Waals surface area contributed by atoms with Gasteiger partial charge in [0.1, 0.15) is 0 Å². The molecule has 0 aliphatic carbocycles. The molecule has 1 aliphatic rings. The van der Waals surface area contributed by atoms with Crippen molar-refractivity contribution >= 4 is 23.9 Å². The van der Waals surface area contributed by atoms with E-state index in [1.54, 1.807) is 109 Å². The molecule has 4 aromatic carbocycles. The maximum absolute atomic E-state index is 13.2. The number of hydrogen-bond donors (Lipinski definition) is 0. The first-order valence-electron chi connectivity index (χ1n) is 13.2. The van der Waals surface area contributed by atoms with E-state index in [-0.39, 0.29) is 28.9 Å². The lowest BCUT2D eigenvalue weighted by Crippen LogP contribution is -2.58. The lowest BCUT2D eigenvalue weighted by molar-refractivity contribution is -0.250. The highest BCUT2D eigenvalue weighted by Gasteiger charge is 2.50. The van der Waals surface area contributed by atoms with Gasteiger partial charge in [-0.2, -0.15) is 0 Å². The number of ether oxygens (including phenoxy) is 5. The molecule has 1 saturated heterocycles. The molecule has 0 radical (unpaired) electrons. The van der Waals surface area contributed by atoms with Gasteiger partial charge in [0.05, 0.1) is 28.9 Å². The number of benzene rings is 4. The molecule has 4 aromatic rings. The van der Waals surface area contributed by atoms with Crippen LogP contribution in [0, 0.1) is 0 Å². The van der Waals surface area contributed by atoms with Crippen LogP contribution in [0.3, 0.4) is 0 Å². The second-order valence-corrected chi connectivity index (χ2v) is 9.25. The smallest absolute Gasteiger partial charge is 0.340 e. The van der Waals surface area contributed by atoms with E-state index in [1.165, 1.54) is 12.1 Å². The van der Waals surface area contributed by atoms with Crippen molar-refractivity contribution in [1.82, 2.24) is 0 Å². The summed E-state index contributed by atoms with van der Waals surface area (Å²) < 4.78 is 28.7. The normalized spacial score (nSPS) is 19.6. The molecular formula is C33H26O9. The Morgan fingerprint density at radius 1 is 0.452 bits per heavy atom. The van der Waals surface area contributed by atoms with Crippen molar-refractivity contribution in [3.63, 3.8) is 0 Å². The maximum atomic E-state index is 13.2. The molecule has 4 atom stereocenters. The zero-order chi connectivity index (χ0) is 29.3. The first-order valence-corrected chi connectivity index (χ1v) is 13.2. The highest BCUT2D eigenvalue weighted by molar-refractivity contribution is 5.91. The molecular weight excluding hydrogens is 540 g/mol. The van der Waals surface area contributed by atoms with Crippen molar-refractivity contribution in [3.8, 4) is 0 Å². The van der Waals surface area contributed by atoms with Crippen LogP contribution in [0.2, 0.25) is 0 Å². The third-order valence-corrected chi connectivity index (χ3v) is 6.39. The molecule has 0 spiro atoms. The Hall–Kier alpha value is -5.28. The van der Waals surface area contributed by atoms with Crippen molar-refractivity contribution in [2.24, 2.45) is 0 Å². The molecule has 1 aliphatic heterocycles. The van der Waals surface area contributed by atoms with Gasteiger partial charge in [0.2, 0.25) is 12.4 Å². The predicted molar refractivity (Wildman–Crippen MR) is 149 cm³/mol. The van der Waals surface area contributed by atoms with E-state index in [0.29, 0.717) is 0 Å². The predicted octanol–water partition coefficient (Wildman–Crippen LogP) is 4.88. The fourth-order valence-corrected chi connectivity index (χ4v) is 4.27. The summed E-state index contributed by atoms with van der Waals surface area (Å²) in [5, 5.41) is 0. The number of esters is 4. The summed E-state index contributed by atoms with van der Waals surface area (Å²) in [4.78, 5) is 52.4. The van der Waals surface area contributed by atoms with Crippen LogP contribution in [-0.2, 0) is 23.7 Å². The monoisotopic (exact) mass is 566 g/mol. The minimum Gasteiger partial charge on any atom is -0.452 e. The fourth-order valence-electron chi connectivity index (χ4n) is 4.27. The molecule has 9 nitrogen and oxygen atoms in total. The van der Waals surface area contributed by atoms with Gasteiger partial charge in [0.15, 0.2) is 12.2 Å². The zero-order valence-electron chi connectivity index (χ0n) is 22.2. The van der Waals surface area contributed by atoms with E-state index in [4.69, 9.17) is 23.7 Å². The van der Waals surface area contributed by atoms with E-state index in [2.05, 4.69) is 0 Å².